The molecule has 0 aromatic heterocycles. The smallest absolute Gasteiger partial charge is 0.291 e. The zero-order valence-corrected chi connectivity index (χ0v) is 13.6. The Balaban J connectivity index is 2.73. The number of benzene rings is 1. The lowest BCUT2D eigenvalue weighted by molar-refractivity contribution is 0.0953. The van der Waals surface area contributed by atoms with Crippen LogP contribution in [0.4, 0.5) is 0 Å². The molecule has 122 valence electrons. The first-order valence-electron chi connectivity index (χ1n) is 7.18. The molecule has 0 atom stereocenters. The van der Waals surface area contributed by atoms with Crippen LogP contribution in [-0.4, -0.2) is 45.9 Å². The lowest BCUT2D eigenvalue weighted by Crippen LogP contribution is -2.33. The van der Waals surface area contributed by atoms with E-state index in [1.165, 1.54) is 0 Å². The lowest BCUT2D eigenvalue weighted by Gasteiger charge is -2.11. The zero-order chi connectivity index (χ0) is 16.4. The van der Waals surface area contributed by atoms with Crippen LogP contribution in [0.3, 0.4) is 0 Å². The molecule has 0 aliphatic heterocycles. The predicted molar refractivity (Wildman–Crippen MR) is 85.4 cm³/mol. The SMILES string of the molecule is COCCOC(=NCC(C)C)NC(=O)c1cccc(OC)c1. The fraction of sp³-hybridized carbons (Fsp3) is 0.500. The zero-order valence-electron chi connectivity index (χ0n) is 13.6. The van der Waals surface area contributed by atoms with Gasteiger partial charge in [0.2, 0.25) is 0 Å². The minimum Gasteiger partial charge on any atom is -0.497 e. The van der Waals surface area contributed by atoms with Crippen LogP contribution in [0.15, 0.2) is 29.3 Å². The van der Waals surface area contributed by atoms with Crippen molar-refractivity contribution >= 4 is 11.9 Å². The molecule has 6 nitrogen and oxygen atoms in total. The number of hydrogen-bond donors (Lipinski definition) is 1. The van der Waals surface area contributed by atoms with Crippen molar-refractivity contribution < 1.29 is 19.0 Å². The Kier molecular flexibility index (Phi) is 7.99. The summed E-state index contributed by atoms with van der Waals surface area (Å²) in [6.07, 6.45) is 0. The Hall–Kier alpha value is -2.08. The molecule has 0 unspecified atom stereocenters. The number of hydrogen-bond acceptors (Lipinski definition) is 5. The highest BCUT2D eigenvalue weighted by Crippen LogP contribution is 2.12. The number of amidine groups is 1. The summed E-state index contributed by atoms with van der Waals surface area (Å²) in [7, 11) is 3.14. The summed E-state index contributed by atoms with van der Waals surface area (Å²) in [5, 5.41) is 2.68. The van der Waals surface area contributed by atoms with E-state index in [9.17, 15) is 4.79 Å². The van der Waals surface area contributed by atoms with Gasteiger partial charge in [0.25, 0.3) is 11.9 Å². The van der Waals surface area contributed by atoms with Crippen molar-refractivity contribution in [2.24, 2.45) is 10.9 Å². The second kappa shape index (κ2) is 9.78. The average molecular weight is 308 g/mol. The van der Waals surface area contributed by atoms with E-state index in [4.69, 9.17) is 14.2 Å². The van der Waals surface area contributed by atoms with Crippen LogP contribution in [0.2, 0.25) is 0 Å². The van der Waals surface area contributed by atoms with Gasteiger partial charge in [0.15, 0.2) is 0 Å². The van der Waals surface area contributed by atoms with Crippen molar-refractivity contribution in [2.45, 2.75) is 13.8 Å². The van der Waals surface area contributed by atoms with E-state index in [1.807, 2.05) is 13.8 Å². The highest BCUT2D eigenvalue weighted by atomic mass is 16.5. The monoisotopic (exact) mass is 308 g/mol. The molecule has 22 heavy (non-hydrogen) atoms. The molecular weight excluding hydrogens is 284 g/mol. The molecule has 1 N–H and O–H groups in total. The number of amides is 1. The third kappa shape index (κ3) is 6.58. The Bertz CT molecular complexity index is 501. The van der Waals surface area contributed by atoms with E-state index in [-0.39, 0.29) is 11.9 Å². The molecule has 1 rings (SSSR count). The molecule has 0 aliphatic carbocycles. The normalized spacial score (nSPS) is 11.4. The summed E-state index contributed by atoms with van der Waals surface area (Å²) in [6, 6.07) is 7.10. The van der Waals surface area contributed by atoms with Crippen molar-refractivity contribution in [1.29, 1.82) is 0 Å². The first kappa shape index (κ1) is 18.0. The van der Waals surface area contributed by atoms with Gasteiger partial charge in [-0.05, 0) is 24.1 Å². The Morgan fingerprint density at radius 2 is 2.05 bits per heavy atom. The molecule has 1 amide bonds. The van der Waals surface area contributed by atoms with Crippen molar-refractivity contribution in [2.75, 3.05) is 34.0 Å². The molecule has 0 aliphatic rings. The van der Waals surface area contributed by atoms with Gasteiger partial charge in [-0.1, -0.05) is 19.9 Å². The molecule has 6 heteroatoms. The fourth-order valence-corrected chi connectivity index (χ4v) is 1.54. The van der Waals surface area contributed by atoms with Gasteiger partial charge in [-0.15, -0.1) is 0 Å². The van der Waals surface area contributed by atoms with Crippen LogP contribution in [0.1, 0.15) is 24.2 Å². The number of ether oxygens (including phenoxy) is 3. The third-order valence-electron chi connectivity index (χ3n) is 2.68. The van der Waals surface area contributed by atoms with E-state index in [0.29, 0.717) is 37.0 Å². The average Bonchev–Trinajstić information content (AvgIpc) is 2.52. The molecule has 1 aromatic rings. The largest absolute Gasteiger partial charge is 0.497 e. The second-order valence-corrected chi connectivity index (χ2v) is 5.07. The van der Waals surface area contributed by atoms with Gasteiger partial charge in [-0.2, -0.15) is 0 Å². The third-order valence-corrected chi connectivity index (χ3v) is 2.68. The molecule has 1 aromatic carbocycles. The summed E-state index contributed by atoms with van der Waals surface area (Å²) >= 11 is 0. The van der Waals surface area contributed by atoms with E-state index in [2.05, 4.69) is 10.3 Å². The highest BCUT2D eigenvalue weighted by molar-refractivity contribution is 6.04. The van der Waals surface area contributed by atoms with Crippen LogP contribution >= 0.6 is 0 Å². The van der Waals surface area contributed by atoms with Crippen LogP contribution in [0.25, 0.3) is 0 Å². The van der Waals surface area contributed by atoms with Gasteiger partial charge in [-0.25, -0.2) is 4.99 Å². The topological polar surface area (TPSA) is 69.2 Å². The van der Waals surface area contributed by atoms with Gasteiger partial charge < -0.3 is 14.2 Å². The molecular formula is C16H24N2O4. The summed E-state index contributed by atoms with van der Waals surface area (Å²) in [5.41, 5.74) is 0.479. The fourth-order valence-electron chi connectivity index (χ4n) is 1.54. The first-order valence-corrected chi connectivity index (χ1v) is 7.18. The van der Waals surface area contributed by atoms with E-state index in [1.54, 1.807) is 38.5 Å². The van der Waals surface area contributed by atoms with Crippen LogP contribution in [0.5, 0.6) is 5.75 Å². The van der Waals surface area contributed by atoms with Crippen LogP contribution in [0, 0.1) is 5.92 Å². The molecule has 0 bridgehead atoms. The summed E-state index contributed by atoms with van der Waals surface area (Å²) in [5.74, 6) is 0.696. The molecule has 0 radical (unpaired) electrons. The van der Waals surface area contributed by atoms with Crippen molar-refractivity contribution in [3.05, 3.63) is 29.8 Å². The first-order chi connectivity index (χ1) is 10.6. The molecule has 0 heterocycles. The Morgan fingerprint density at radius 1 is 1.27 bits per heavy atom. The molecule has 0 saturated carbocycles. The number of aliphatic imine (C=N–C) groups is 1. The van der Waals surface area contributed by atoms with Gasteiger partial charge >= 0.3 is 0 Å². The number of nitrogens with zero attached hydrogens (tertiary/aromatic N) is 1. The van der Waals surface area contributed by atoms with Crippen LogP contribution < -0.4 is 10.1 Å². The molecule has 0 saturated heterocycles. The highest BCUT2D eigenvalue weighted by Gasteiger charge is 2.11. The van der Waals surface area contributed by atoms with E-state index >= 15 is 0 Å². The Labute approximate surface area is 131 Å². The maximum absolute atomic E-state index is 12.2. The molecule has 0 fully saturated rings. The van der Waals surface area contributed by atoms with Gasteiger partial charge in [-0.3, -0.25) is 10.1 Å². The van der Waals surface area contributed by atoms with Gasteiger partial charge in [0.1, 0.15) is 12.4 Å². The van der Waals surface area contributed by atoms with E-state index in [0.717, 1.165) is 0 Å². The second-order valence-electron chi connectivity index (χ2n) is 5.07. The minimum absolute atomic E-state index is 0.207. The summed E-state index contributed by atoms with van der Waals surface area (Å²) in [4.78, 5) is 16.5. The number of carbonyl (C=O) groups is 1. The summed E-state index contributed by atoms with van der Waals surface area (Å²) < 4.78 is 15.5. The maximum atomic E-state index is 12.2. The number of nitrogens with one attached hydrogen (secondary N) is 1. The number of methoxy groups -OCH3 is 2. The minimum atomic E-state index is -0.293. The quantitative estimate of drug-likeness (QED) is 0.476. The van der Waals surface area contributed by atoms with Crippen LogP contribution in [-0.2, 0) is 9.47 Å². The van der Waals surface area contributed by atoms with Crippen molar-refractivity contribution in [3.8, 4) is 5.75 Å². The maximum Gasteiger partial charge on any atom is 0.291 e. The standard InChI is InChI=1S/C16H24N2O4/c1-12(2)11-17-16(22-9-8-20-3)18-15(19)13-6-5-7-14(10-13)21-4/h5-7,10,12H,8-9,11H2,1-4H3,(H,17,18,19). The van der Waals surface area contributed by atoms with Gasteiger partial charge in [0.05, 0.1) is 13.7 Å². The summed E-state index contributed by atoms with van der Waals surface area (Å²) in [6.45, 7) is 5.41. The molecule has 0 spiro atoms. The van der Waals surface area contributed by atoms with Crippen molar-refractivity contribution in [1.82, 2.24) is 5.32 Å². The number of rotatable bonds is 7. The Morgan fingerprint density at radius 3 is 2.68 bits per heavy atom. The van der Waals surface area contributed by atoms with Crippen molar-refractivity contribution in [3.63, 3.8) is 0 Å². The predicted octanol–water partition coefficient (Wildman–Crippen LogP) is 2.10. The lowest BCUT2D eigenvalue weighted by atomic mass is 10.2. The van der Waals surface area contributed by atoms with E-state index < -0.39 is 0 Å². The van der Waals surface area contributed by atoms with Gasteiger partial charge in [0, 0.05) is 19.2 Å². The number of carbonyl (C=O) groups excluding carboxylic acids is 1.